The Labute approximate surface area is 141 Å². The summed E-state index contributed by atoms with van der Waals surface area (Å²) < 4.78 is 12.5. The highest BCUT2D eigenvalue weighted by Crippen LogP contribution is 2.34. The maximum Gasteiger partial charge on any atom is 0.166 e. The van der Waals surface area contributed by atoms with E-state index in [1.165, 1.54) is 12.7 Å². The number of imidazole rings is 1. The first kappa shape index (κ1) is 16.2. The first-order chi connectivity index (χ1) is 11.7. The number of hydrogen-bond acceptors (Lipinski definition) is 9. The molecule has 4 heterocycles. The Hall–Kier alpha value is -1.30. The highest BCUT2D eigenvalue weighted by Gasteiger charge is 2.44. The zero-order valence-electron chi connectivity index (χ0n) is 12.7. The van der Waals surface area contributed by atoms with Crippen LogP contribution in [0.25, 0.3) is 11.2 Å². The second-order valence-corrected chi connectivity index (χ2v) is 7.12. The lowest BCUT2D eigenvalue weighted by Gasteiger charge is -2.16. The molecule has 1 unspecified atom stereocenters. The van der Waals surface area contributed by atoms with E-state index in [1.807, 2.05) is 0 Å². The van der Waals surface area contributed by atoms with Gasteiger partial charge in [-0.3, -0.25) is 4.57 Å². The van der Waals surface area contributed by atoms with E-state index in [4.69, 9.17) is 9.47 Å². The molecule has 2 aliphatic heterocycles. The highest BCUT2D eigenvalue weighted by atomic mass is 32.2. The molecule has 24 heavy (non-hydrogen) atoms. The number of aliphatic hydroxyl groups excluding tert-OH is 3. The van der Waals surface area contributed by atoms with Crippen molar-refractivity contribution >= 4 is 22.9 Å². The first-order valence-corrected chi connectivity index (χ1v) is 8.61. The average Bonchev–Trinajstić information content (AvgIpc) is 3.30. The van der Waals surface area contributed by atoms with Crippen molar-refractivity contribution in [2.75, 3.05) is 19.8 Å². The molecule has 2 aromatic rings. The molecular weight excluding hydrogens is 336 g/mol. The fourth-order valence-corrected chi connectivity index (χ4v) is 4.03. The van der Waals surface area contributed by atoms with Crippen molar-refractivity contribution in [1.29, 1.82) is 0 Å². The fourth-order valence-electron chi connectivity index (χ4n) is 2.98. The molecule has 0 amide bonds. The minimum Gasteiger partial charge on any atom is -0.394 e. The number of hydrogen-bond donors (Lipinski definition) is 3. The molecule has 10 heteroatoms. The zero-order chi connectivity index (χ0) is 16.7. The van der Waals surface area contributed by atoms with E-state index in [0.29, 0.717) is 23.0 Å². The van der Waals surface area contributed by atoms with Crippen LogP contribution in [0.4, 0.5) is 0 Å². The summed E-state index contributed by atoms with van der Waals surface area (Å²) in [5.41, 5.74) is 1.13. The maximum atomic E-state index is 10.2. The van der Waals surface area contributed by atoms with Crippen LogP contribution in [0.1, 0.15) is 12.6 Å². The largest absolute Gasteiger partial charge is 0.394 e. The zero-order valence-corrected chi connectivity index (χ0v) is 13.5. The lowest BCUT2D eigenvalue weighted by Crippen LogP contribution is -2.33. The van der Waals surface area contributed by atoms with Crippen molar-refractivity contribution in [3.63, 3.8) is 0 Å². The SMILES string of the molecule is OC[C@H]1O[C@@H](n2cnc3c(SC4CCOC4)ncnc32)[C@H](O)[C@@H]1O. The molecule has 2 aliphatic rings. The number of ether oxygens (including phenoxy) is 2. The second-order valence-electron chi connectivity index (χ2n) is 5.84. The number of aliphatic hydroxyl groups is 3. The van der Waals surface area contributed by atoms with Crippen molar-refractivity contribution in [3.8, 4) is 0 Å². The van der Waals surface area contributed by atoms with Crippen LogP contribution in [0.5, 0.6) is 0 Å². The summed E-state index contributed by atoms with van der Waals surface area (Å²) in [6, 6.07) is 0. The molecule has 0 bridgehead atoms. The summed E-state index contributed by atoms with van der Waals surface area (Å²) in [4.78, 5) is 12.9. The van der Waals surface area contributed by atoms with Gasteiger partial charge in [-0.2, -0.15) is 0 Å². The third-order valence-electron chi connectivity index (χ3n) is 4.28. The summed E-state index contributed by atoms with van der Waals surface area (Å²) in [6.07, 6.45) is -0.114. The number of nitrogens with zero attached hydrogens (tertiary/aromatic N) is 4. The Morgan fingerprint density at radius 2 is 2.12 bits per heavy atom. The van der Waals surface area contributed by atoms with E-state index in [9.17, 15) is 15.3 Å². The van der Waals surface area contributed by atoms with Gasteiger partial charge in [-0.15, -0.1) is 0 Å². The van der Waals surface area contributed by atoms with E-state index < -0.39 is 24.5 Å². The molecule has 0 aliphatic carbocycles. The summed E-state index contributed by atoms with van der Waals surface area (Å²) in [7, 11) is 0. The van der Waals surface area contributed by atoms with Crippen LogP contribution < -0.4 is 0 Å². The van der Waals surface area contributed by atoms with Gasteiger partial charge in [0, 0.05) is 11.9 Å². The van der Waals surface area contributed by atoms with E-state index in [1.54, 1.807) is 16.3 Å². The number of fused-ring (bicyclic) bond motifs is 1. The Morgan fingerprint density at radius 3 is 2.83 bits per heavy atom. The fraction of sp³-hybridized carbons (Fsp3) is 0.643. The van der Waals surface area contributed by atoms with Gasteiger partial charge in [0.25, 0.3) is 0 Å². The molecule has 0 radical (unpaired) electrons. The van der Waals surface area contributed by atoms with Gasteiger partial charge in [-0.1, -0.05) is 11.8 Å². The quantitative estimate of drug-likeness (QED) is 0.613. The summed E-state index contributed by atoms with van der Waals surface area (Å²) in [6.45, 7) is 1.06. The van der Waals surface area contributed by atoms with E-state index in [2.05, 4.69) is 15.0 Å². The van der Waals surface area contributed by atoms with Gasteiger partial charge in [-0.05, 0) is 6.42 Å². The van der Waals surface area contributed by atoms with Gasteiger partial charge in [0.2, 0.25) is 0 Å². The van der Waals surface area contributed by atoms with Crippen LogP contribution in [0.15, 0.2) is 17.7 Å². The van der Waals surface area contributed by atoms with Crippen molar-refractivity contribution < 1.29 is 24.8 Å². The summed E-state index contributed by atoms with van der Waals surface area (Å²) in [5, 5.41) is 30.4. The van der Waals surface area contributed by atoms with Crippen LogP contribution in [0.3, 0.4) is 0 Å². The molecule has 0 spiro atoms. The smallest absolute Gasteiger partial charge is 0.166 e. The van der Waals surface area contributed by atoms with Crippen LogP contribution in [-0.2, 0) is 9.47 Å². The molecular formula is C14H18N4O5S. The van der Waals surface area contributed by atoms with Crippen molar-refractivity contribution in [3.05, 3.63) is 12.7 Å². The van der Waals surface area contributed by atoms with Gasteiger partial charge < -0.3 is 24.8 Å². The molecule has 130 valence electrons. The molecule has 2 fully saturated rings. The summed E-state index contributed by atoms with van der Waals surface area (Å²) >= 11 is 1.60. The van der Waals surface area contributed by atoms with Crippen LogP contribution in [-0.4, -0.2) is 78.2 Å². The normalized spacial score (nSPS) is 33.5. The van der Waals surface area contributed by atoms with Crippen molar-refractivity contribution in [1.82, 2.24) is 19.5 Å². The van der Waals surface area contributed by atoms with Gasteiger partial charge >= 0.3 is 0 Å². The van der Waals surface area contributed by atoms with Gasteiger partial charge in [0.15, 0.2) is 11.9 Å². The Bertz CT molecular complexity index is 722. The van der Waals surface area contributed by atoms with Crippen molar-refractivity contribution in [2.24, 2.45) is 0 Å². The lowest BCUT2D eigenvalue weighted by molar-refractivity contribution is -0.0511. The molecule has 2 aromatic heterocycles. The molecule has 5 atom stereocenters. The van der Waals surface area contributed by atoms with Crippen LogP contribution in [0.2, 0.25) is 0 Å². The number of aromatic nitrogens is 4. The minimum absolute atomic E-state index is 0.335. The first-order valence-electron chi connectivity index (χ1n) is 7.73. The van der Waals surface area contributed by atoms with Crippen LogP contribution in [0, 0.1) is 0 Å². The summed E-state index contributed by atoms with van der Waals surface area (Å²) in [5.74, 6) is 0. The predicted molar refractivity (Wildman–Crippen MR) is 83.4 cm³/mol. The minimum atomic E-state index is -1.17. The maximum absolute atomic E-state index is 10.2. The van der Waals surface area contributed by atoms with Gasteiger partial charge in [0.1, 0.15) is 35.2 Å². The van der Waals surface area contributed by atoms with Crippen LogP contribution >= 0.6 is 11.8 Å². The second kappa shape index (κ2) is 6.54. The Balaban J connectivity index is 1.65. The van der Waals surface area contributed by atoms with Gasteiger partial charge in [0.05, 0.1) is 19.5 Å². The Kier molecular flexibility index (Phi) is 4.41. The molecule has 3 N–H and O–H groups in total. The van der Waals surface area contributed by atoms with Crippen molar-refractivity contribution in [2.45, 2.75) is 41.2 Å². The topological polar surface area (TPSA) is 123 Å². The monoisotopic (exact) mass is 354 g/mol. The van der Waals surface area contributed by atoms with Gasteiger partial charge in [-0.25, -0.2) is 15.0 Å². The number of rotatable bonds is 4. The third-order valence-corrected chi connectivity index (χ3v) is 5.51. The standard InChI is InChI=1S/C14H18N4O5S/c19-3-8-10(20)11(21)14(23-8)18-6-17-9-12(18)15-5-16-13(9)24-7-1-2-22-4-7/h5-8,10-11,14,19-21H,1-4H2/t7?,8-,10-,11-,14-/m1/s1. The molecule has 0 saturated carbocycles. The average molecular weight is 354 g/mol. The molecule has 0 aromatic carbocycles. The van der Waals surface area contributed by atoms with E-state index in [-0.39, 0.29) is 6.61 Å². The number of thioether (sulfide) groups is 1. The molecule has 9 nitrogen and oxygen atoms in total. The highest BCUT2D eigenvalue weighted by molar-refractivity contribution is 8.00. The van der Waals surface area contributed by atoms with E-state index >= 15 is 0 Å². The Morgan fingerprint density at radius 1 is 1.25 bits per heavy atom. The molecule has 4 rings (SSSR count). The van der Waals surface area contributed by atoms with E-state index in [0.717, 1.165) is 18.1 Å². The molecule has 2 saturated heterocycles. The lowest BCUT2D eigenvalue weighted by atomic mass is 10.1. The third kappa shape index (κ3) is 2.68. The predicted octanol–water partition coefficient (Wildman–Crippen LogP) is -0.681.